The summed E-state index contributed by atoms with van der Waals surface area (Å²) in [6, 6.07) is -0.162. The van der Waals surface area contributed by atoms with E-state index in [4.69, 9.17) is 5.11 Å². The summed E-state index contributed by atoms with van der Waals surface area (Å²) >= 11 is 0. The molecule has 3 rings (SSSR count). The van der Waals surface area contributed by atoms with E-state index in [1.54, 1.807) is 0 Å². The highest BCUT2D eigenvalue weighted by Gasteiger charge is 2.38. The van der Waals surface area contributed by atoms with Crippen LogP contribution in [0.1, 0.15) is 32.1 Å². The Balaban J connectivity index is 1.44. The Kier molecular flexibility index (Phi) is 3.35. The Bertz CT molecular complexity index is 379. The molecule has 2 saturated carbocycles. The molecule has 0 bridgehead atoms. The van der Waals surface area contributed by atoms with E-state index in [0.717, 1.165) is 38.4 Å². The minimum Gasteiger partial charge on any atom is -0.480 e. The average Bonchev–Trinajstić information content (AvgIpc) is 3.26. The molecule has 3 N–H and O–H groups in total. The summed E-state index contributed by atoms with van der Waals surface area (Å²) in [5.41, 5.74) is 0. The molecule has 0 spiro atoms. The number of rotatable bonds is 5. The van der Waals surface area contributed by atoms with Gasteiger partial charge in [-0.3, -0.25) is 4.90 Å². The standard InChI is InChI=1S/C13H21N3O3/c17-12(18)11(8-1-2-8)15-13(19)14-9-5-6-16(7-9)10-3-4-10/h8-11H,1-7H2,(H,17,18)(H2,14,15,19). The van der Waals surface area contributed by atoms with Crippen molar-refractivity contribution in [2.24, 2.45) is 5.92 Å². The van der Waals surface area contributed by atoms with Crippen LogP contribution in [-0.4, -0.2) is 53.2 Å². The van der Waals surface area contributed by atoms with Crippen LogP contribution in [0, 0.1) is 5.92 Å². The molecule has 2 atom stereocenters. The van der Waals surface area contributed by atoms with E-state index in [1.165, 1.54) is 12.8 Å². The molecule has 0 aromatic rings. The molecular formula is C13H21N3O3. The second kappa shape index (κ2) is 5.00. The number of hydrogen-bond acceptors (Lipinski definition) is 3. The van der Waals surface area contributed by atoms with Crippen LogP contribution in [0.2, 0.25) is 0 Å². The number of likely N-dealkylation sites (tertiary alicyclic amines) is 1. The second-order valence-corrected chi connectivity index (χ2v) is 5.98. The maximum absolute atomic E-state index is 11.8. The Labute approximate surface area is 112 Å². The van der Waals surface area contributed by atoms with Gasteiger partial charge in [0.2, 0.25) is 0 Å². The molecule has 0 aromatic carbocycles. The molecule has 2 aliphatic carbocycles. The van der Waals surface area contributed by atoms with Crippen molar-refractivity contribution in [3.8, 4) is 0 Å². The quantitative estimate of drug-likeness (QED) is 0.673. The van der Waals surface area contributed by atoms with Crippen molar-refractivity contribution >= 4 is 12.0 Å². The first-order chi connectivity index (χ1) is 9.13. The third-order valence-electron chi connectivity index (χ3n) is 4.26. The van der Waals surface area contributed by atoms with E-state index >= 15 is 0 Å². The van der Waals surface area contributed by atoms with E-state index in [1.807, 2.05) is 0 Å². The van der Waals surface area contributed by atoms with E-state index in [-0.39, 0.29) is 18.0 Å². The zero-order valence-electron chi connectivity index (χ0n) is 11.0. The number of carboxylic acids is 1. The highest BCUT2D eigenvalue weighted by atomic mass is 16.4. The van der Waals surface area contributed by atoms with Crippen LogP contribution in [0.15, 0.2) is 0 Å². The lowest BCUT2D eigenvalue weighted by Gasteiger charge is -2.18. The van der Waals surface area contributed by atoms with E-state index in [9.17, 15) is 9.59 Å². The van der Waals surface area contributed by atoms with Crippen molar-refractivity contribution in [1.82, 2.24) is 15.5 Å². The first-order valence-electron chi connectivity index (χ1n) is 7.17. The molecule has 1 aliphatic heterocycles. The molecule has 2 unspecified atom stereocenters. The van der Waals surface area contributed by atoms with Crippen LogP contribution in [-0.2, 0) is 4.79 Å². The predicted molar refractivity (Wildman–Crippen MR) is 68.8 cm³/mol. The van der Waals surface area contributed by atoms with Gasteiger partial charge in [0.05, 0.1) is 0 Å². The number of hydrogen-bond donors (Lipinski definition) is 3. The van der Waals surface area contributed by atoms with Crippen molar-refractivity contribution in [2.45, 2.75) is 50.2 Å². The van der Waals surface area contributed by atoms with Crippen molar-refractivity contribution in [1.29, 1.82) is 0 Å². The average molecular weight is 267 g/mol. The molecule has 0 aromatic heterocycles. The summed E-state index contributed by atoms with van der Waals surface area (Å²) < 4.78 is 0. The number of nitrogens with one attached hydrogen (secondary N) is 2. The molecule has 2 amide bonds. The van der Waals surface area contributed by atoms with E-state index < -0.39 is 12.0 Å². The normalized spacial score (nSPS) is 28.9. The van der Waals surface area contributed by atoms with Gasteiger partial charge in [0.25, 0.3) is 0 Å². The van der Waals surface area contributed by atoms with Crippen molar-refractivity contribution in [3.63, 3.8) is 0 Å². The van der Waals surface area contributed by atoms with Gasteiger partial charge < -0.3 is 15.7 Å². The fourth-order valence-electron chi connectivity index (χ4n) is 2.86. The summed E-state index contributed by atoms with van der Waals surface area (Å²) in [6.45, 7) is 1.94. The molecule has 0 radical (unpaired) electrons. The zero-order valence-corrected chi connectivity index (χ0v) is 11.0. The van der Waals surface area contributed by atoms with Crippen LogP contribution in [0.4, 0.5) is 4.79 Å². The lowest BCUT2D eigenvalue weighted by molar-refractivity contribution is -0.139. The molecule has 3 aliphatic rings. The summed E-state index contributed by atoms with van der Waals surface area (Å²) in [6.07, 6.45) is 5.32. The van der Waals surface area contributed by atoms with Gasteiger partial charge in [-0.25, -0.2) is 9.59 Å². The van der Waals surface area contributed by atoms with Gasteiger partial charge >= 0.3 is 12.0 Å². The second-order valence-electron chi connectivity index (χ2n) is 5.98. The molecule has 106 valence electrons. The number of carboxylic acid groups (broad SMARTS) is 1. The largest absolute Gasteiger partial charge is 0.480 e. The first-order valence-corrected chi connectivity index (χ1v) is 7.17. The van der Waals surface area contributed by atoms with Crippen LogP contribution >= 0.6 is 0 Å². The third-order valence-corrected chi connectivity index (χ3v) is 4.26. The van der Waals surface area contributed by atoms with Gasteiger partial charge in [-0.2, -0.15) is 0 Å². The Hall–Kier alpha value is -1.30. The fraction of sp³-hybridized carbons (Fsp3) is 0.846. The summed E-state index contributed by atoms with van der Waals surface area (Å²) in [5.74, 6) is -0.807. The summed E-state index contributed by atoms with van der Waals surface area (Å²) in [5, 5.41) is 14.6. The Morgan fingerprint density at radius 3 is 2.47 bits per heavy atom. The van der Waals surface area contributed by atoms with Gasteiger partial charge in [0, 0.05) is 25.2 Å². The van der Waals surface area contributed by atoms with Crippen LogP contribution in [0.5, 0.6) is 0 Å². The minimum absolute atomic E-state index is 0.120. The highest BCUT2D eigenvalue weighted by Crippen LogP contribution is 2.33. The van der Waals surface area contributed by atoms with Crippen molar-refractivity contribution in [3.05, 3.63) is 0 Å². The Morgan fingerprint density at radius 1 is 1.16 bits per heavy atom. The number of carbonyl (C=O) groups is 2. The minimum atomic E-state index is -0.927. The van der Waals surface area contributed by atoms with Gasteiger partial charge in [-0.1, -0.05) is 0 Å². The molecule has 6 heteroatoms. The topological polar surface area (TPSA) is 81.7 Å². The van der Waals surface area contributed by atoms with Crippen LogP contribution in [0.3, 0.4) is 0 Å². The smallest absolute Gasteiger partial charge is 0.326 e. The molecule has 6 nitrogen and oxygen atoms in total. The Morgan fingerprint density at radius 2 is 1.89 bits per heavy atom. The van der Waals surface area contributed by atoms with Gasteiger partial charge in [0.15, 0.2) is 0 Å². The fourth-order valence-corrected chi connectivity index (χ4v) is 2.86. The summed E-state index contributed by atoms with van der Waals surface area (Å²) in [7, 11) is 0. The monoisotopic (exact) mass is 267 g/mol. The maximum atomic E-state index is 11.8. The number of urea groups is 1. The number of amides is 2. The maximum Gasteiger partial charge on any atom is 0.326 e. The van der Waals surface area contributed by atoms with Gasteiger partial charge in [-0.05, 0) is 38.0 Å². The van der Waals surface area contributed by atoms with Gasteiger partial charge in [0.1, 0.15) is 6.04 Å². The van der Waals surface area contributed by atoms with Crippen molar-refractivity contribution in [2.75, 3.05) is 13.1 Å². The van der Waals surface area contributed by atoms with Crippen LogP contribution in [0.25, 0.3) is 0 Å². The lowest BCUT2D eigenvalue weighted by atomic mass is 10.2. The number of aliphatic carboxylic acids is 1. The number of nitrogens with zero attached hydrogens (tertiary/aromatic N) is 1. The summed E-state index contributed by atoms with van der Waals surface area (Å²) in [4.78, 5) is 25.3. The van der Waals surface area contributed by atoms with Gasteiger partial charge in [-0.15, -0.1) is 0 Å². The van der Waals surface area contributed by atoms with Crippen LogP contribution < -0.4 is 10.6 Å². The highest BCUT2D eigenvalue weighted by molar-refractivity contribution is 5.83. The zero-order chi connectivity index (χ0) is 13.4. The molecule has 1 heterocycles. The van der Waals surface area contributed by atoms with E-state index in [2.05, 4.69) is 15.5 Å². The number of carbonyl (C=O) groups excluding carboxylic acids is 1. The first kappa shape index (κ1) is 12.7. The van der Waals surface area contributed by atoms with Crippen molar-refractivity contribution < 1.29 is 14.7 Å². The molecule has 1 saturated heterocycles. The SMILES string of the molecule is O=C(NC1CCN(C2CC2)C1)NC(C(=O)O)C1CC1. The third kappa shape index (κ3) is 3.18. The predicted octanol–water partition coefficient (Wildman–Crippen LogP) is 0.385. The lowest BCUT2D eigenvalue weighted by Crippen LogP contribution is -2.50. The van der Waals surface area contributed by atoms with E-state index in [0.29, 0.717) is 0 Å². The molecule has 3 fully saturated rings. The molecular weight excluding hydrogens is 246 g/mol. The molecule has 19 heavy (non-hydrogen) atoms.